The summed E-state index contributed by atoms with van der Waals surface area (Å²) in [4.78, 5) is 15.8. The van der Waals surface area contributed by atoms with Gasteiger partial charge in [0.15, 0.2) is 5.82 Å². The lowest BCUT2D eigenvalue weighted by Crippen LogP contribution is -2.19. The average molecular weight is 292 g/mol. The van der Waals surface area contributed by atoms with Crippen molar-refractivity contribution < 1.29 is 13.9 Å². The maximum Gasteiger partial charge on any atom is 0.315 e. The molecule has 1 aliphatic carbocycles. The van der Waals surface area contributed by atoms with E-state index in [1.165, 1.54) is 0 Å². The Morgan fingerprint density at radius 2 is 2.22 bits per heavy atom. The van der Waals surface area contributed by atoms with Gasteiger partial charge >= 0.3 is 5.97 Å². The van der Waals surface area contributed by atoms with Crippen LogP contribution in [0.4, 0.5) is 4.39 Å². The summed E-state index contributed by atoms with van der Waals surface area (Å²) < 4.78 is 18.2. The van der Waals surface area contributed by atoms with E-state index >= 15 is 0 Å². The summed E-state index contributed by atoms with van der Waals surface area (Å²) in [5.74, 6) is -1.45. The number of ether oxygens (including phenoxy) is 1. The second kappa shape index (κ2) is 5.41. The molecule has 0 aliphatic heterocycles. The molecule has 1 aromatic rings. The zero-order valence-corrected chi connectivity index (χ0v) is 11.3. The number of nitrogens with zero attached hydrogens (tertiary/aromatic N) is 1. The van der Waals surface area contributed by atoms with Crippen LogP contribution in [-0.4, -0.2) is 17.6 Å². The van der Waals surface area contributed by atoms with Crippen molar-refractivity contribution in [1.82, 2.24) is 4.98 Å². The minimum atomic E-state index is -0.691. The molecule has 1 saturated carbocycles. The molecule has 1 aliphatic rings. The summed E-state index contributed by atoms with van der Waals surface area (Å²) >= 11 is 11.7. The SMILES string of the molecule is CCOC(=O)C(c1ncc(F)c(Cl)c1Cl)C1CC1. The molecule has 0 saturated heterocycles. The number of esters is 1. The molecule has 1 unspecified atom stereocenters. The number of hydrogen-bond acceptors (Lipinski definition) is 3. The van der Waals surface area contributed by atoms with E-state index in [1.807, 2.05) is 0 Å². The molecule has 1 atom stereocenters. The van der Waals surface area contributed by atoms with Crippen LogP contribution in [0.15, 0.2) is 6.20 Å². The Hall–Kier alpha value is -0.870. The van der Waals surface area contributed by atoms with Crippen molar-refractivity contribution in [3.05, 3.63) is 27.8 Å². The minimum Gasteiger partial charge on any atom is -0.465 e. The first-order valence-corrected chi connectivity index (χ1v) is 6.47. The highest BCUT2D eigenvalue weighted by Crippen LogP contribution is 2.45. The van der Waals surface area contributed by atoms with Gasteiger partial charge in [-0.3, -0.25) is 9.78 Å². The number of rotatable bonds is 4. The molecule has 1 heterocycles. The van der Waals surface area contributed by atoms with Crippen LogP contribution < -0.4 is 0 Å². The van der Waals surface area contributed by atoms with Crippen LogP contribution in [0.2, 0.25) is 10.0 Å². The molecule has 0 amide bonds. The summed E-state index contributed by atoms with van der Waals surface area (Å²) in [5.41, 5.74) is 0.309. The Morgan fingerprint density at radius 3 is 2.78 bits per heavy atom. The fraction of sp³-hybridized carbons (Fsp3) is 0.500. The highest BCUT2D eigenvalue weighted by molar-refractivity contribution is 6.42. The quantitative estimate of drug-likeness (QED) is 0.796. The number of carbonyl (C=O) groups is 1. The third-order valence-corrected chi connectivity index (χ3v) is 3.72. The number of hydrogen-bond donors (Lipinski definition) is 0. The lowest BCUT2D eigenvalue weighted by molar-refractivity contribution is -0.145. The molecule has 0 N–H and O–H groups in total. The third-order valence-electron chi connectivity index (χ3n) is 2.87. The van der Waals surface area contributed by atoms with Crippen molar-refractivity contribution in [2.75, 3.05) is 6.61 Å². The highest BCUT2D eigenvalue weighted by Gasteiger charge is 2.41. The van der Waals surface area contributed by atoms with Crippen molar-refractivity contribution >= 4 is 29.2 Å². The van der Waals surface area contributed by atoms with Gasteiger partial charge in [-0.25, -0.2) is 4.39 Å². The number of aromatic nitrogens is 1. The molecule has 1 aromatic heterocycles. The minimum absolute atomic E-state index is 0.00150. The number of halogens is 3. The van der Waals surface area contributed by atoms with Crippen LogP contribution >= 0.6 is 23.2 Å². The van der Waals surface area contributed by atoms with E-state index in [9.17, 15) is 9.18 Å². The topological polar surface area (TPSA) is 39.2 Å². The van der Waals surface area contributed by atoms with E-state index < -0.39 is 11.7 Å². The lowest BCUT2D eigenvalue weighted by Gasteiger charge is -2.16. The fourth-order valence-corrected chi connectivity index (χ4v) is 2.26. The summed E-state index contributed by atoms with van der Waals surface area (Å²) in [6.45, 7) is 2.02. The Bertz CT molecular complexity index is 477. The second-order valence-corrected chi connectivity index (χ2v) is 4.94. The fourth-order valence-electron chi connectivity index (χ4n) is 1.86. The van der Waals surface area contributed by atoms with E-state index in [0.717, 1.165) is 19.0 Å². The monoisotopic (exact) mass is 291 g/mol. The van der Waals surface area contributed by atoms with Crippen LogP contribution in [0.25, 0.3) is 0 Å². The van der Waals surface area contributed by atoms with Crippen LogP contribution in [0.5, 0.6) is 0 Å². The lowest BCUT2D eigenvalue weighted by atomic mass is 9.99. The van der Waals surface area contributed by atoms with Gasteiger partial charge in [0, 0.05) is 0 Å². The van der Waals surface area contributed by atoms with Gasteiger partial charge in [-0.1, -0.05) is 23.2 Å². The van der Waals surface area contributed by atoms with Crippen LogP contribution in [0.1, 0.15) is 31.4 Å². The van der Waals surface area contributed by atoms with Crippen molar-refractivity contribution in [3.63, 3.8) is 0 Å². The molecule has 98 valence electrons. The maximum absolute atomic E-state index is 13.2. The molecule has 6 heteroatoms. The number of pyridine rings is 1. The molecule has 0 aromatic carbocycles. The summed E-state index contributed by atoms with van der Waals surface area (Å²) in [6, 6.07) is 0. The first-order valence-electron chi connectivity index (χ1n) is 5.72. The molecule has 0 bridgehead atoms. The molecule has 0 spiro atoms. The normalized spacial score (nSPS) is 16.4. The van der Waals surface area contributed by atoms with E-state index in [2.05, 4.69) is 4.98 Å². The summed E-state index contributed by atoms with van der Waals surface area (Å²) in [7, 11) is 0. The Labute approximate surface area is 114 Å². The van der Waals surface area contributed by atoms with Crippen LogP contribution in [0.3, 0.4) is 0 Å². The van der Waals surface area contributed by atoms with Gasteiger partial charge in [0.05, 0.1) is 28.5 Å². The van der Waals surface area contributed by atoms with Gasteiger partial charge in [0.2, 0.25) is 0 Å². The first-order chi connectivity index (χ1) is 8.56. The van der Waals surface area contributed by atoms with Crippen LogP contribution in [-0.2, 0) is 9.53 Å². The average Bonchev–Trinajstić information content (AvgIpc) is 3.14. The zero-order chi connectivity index (χ0) is 13.3. The molecule has 3 nitrogen and oxygen atoms in total. The van der Waals surface area contributed by atoms with Gasteiger partial charge in [-0.05, 0) is 25.7 Å². The Balaban J connectivity index is 2.37. The largest absolute Gasteiger partial charge is 0.465 e. The van der Waals surface area contributed by atoms with Crippen LogP contribution in [0, 0.1) is 11.7 Å². The molecule has 18 heavy (non-hydrogen) atoms. The predicted octanol–water partition coefficient (Wildman–Crippen LogP) is 3.58. The third kappa shape index (κ3) is 2.59. The molecular formula is C12H12Cl2FNO2. The second-order valence-electron chi connectivity index (χ2n) is 4.19. The van der Waals surface area contributed by atoms with E-state index in [1.54, 1.807) is 6.92 Å². The summed E-state index contributed by atoms with van der Waals surface area (Å²) in [5, 5.41) is -0.196. The smallest absolute Gasteiger partial charge is 0.315 e. The van der Waals surface area contributed by atoms with E-state index in [0.29, 0.717) is 5.69 Å². The van der Waals surface area contributed by atoms with Crippen molar-refractivity contribution in [2.24, 2.45) is 5.92 Å². The van der Waals surface area contributed by atoms with Gasteiger partial charge in [-0.2, -0.15) is 0 Å². The maximum atomic E-state index is 13.2. The molecule has 0 radical (unpaired) electrons. The summed E-state index contributed by atoms with van der Waals surface area (Å²) in [6.07, 6.45) is 2.81. The van der Waals surface area contributed by atoms with Crippen molar-refractivity contribution in [2.45, 2.75) is 25.7 Å². The van der Waals surface area contributed by atoms with Gasteiger partial charge in [0.25, 0.3) is 0 Å². The zero-order valence-electron chi connectivity index (χ0n) is 9.75. The van der Waals surface area contributed by atoms with Gasteiger partial charge in [0.1, 0.15) is 5.92 Å². The first kappa shape index (κ1) is 13.6. The number of carbonyl (C=O) groups excluding carboxylic acids is 1. The van der Waals surface area contributed by atoms with Gasteiger partial charge < -0.3 is 4.74 Å². The molecular weight excluding hydrogens is 280 g/mol. The Kier molecular flexibility index (Phi) is 4.07. The van der Waals surface area contributed by atoms with Crippen molar-refractivity contribution in [1.29, 1.82) is 0 Å². The predicted molar refractivity (Wildman–Crippen MR) is 66.3 cm³/mol. The van der Waals surface area contributed by atoms with E-state index in [-0.39, 0.29) is 28.5 Å². The molecule has 2 rings (SSSR count). The Morgan fingerprint density at radius 1 is 1.56 bits per heavy atom. The molecule has 1 fully saturated rings. The highest BCUT2D eigenvalue weighted by atomic mass is 35.5. The van der Waals surface area contributed by atoms with Crippen molar-refractivity contribution in [3.8, 4) is 0 Å². The van der Waals surface area contributed by atoms with Gasteiger partial charge in [-0.15, -0.1) is 0 Å². The standard InChI is InChI=1S/C12H12Cl2FNO2/c1-2-18-12(17)8(6-3-4-6)11-10(14)9(13)7(15)5-16-11/h5-6,8H,2-4H2,1H3. The van der Waals surface area contributed by atoms with E-state index in [4.69, 9.17) is 27.9 Å².